The molecule has 0 fully saturated rings. The van der Waals surface area contributed by atoms with Crippen LogP contribution in [0.15, 0.2) is 27.6 Å². The van der Waals surface area contributed by atoms with Crippen molar-refractivity contribution in [3.8, 4) is 0 Å². The van der Waals surface area contributed by atoms with Crippen LogP contribution in [0.1, 0.15) is 5.56 Å². The molecule has 1 aromatic carbocycles. The van der Waals surface area contributed by atoms with Crippen molar-refractivity contribution >= 4 is 47.4 Å². The molecule has 0 aliphatic heterocycles. The van der Waals surface area contributed by atoms with Gasteiger partial charge in [-0.1, -0.05) is 15.9 Å². The Hall–Kier alpha value is 0.290. The Kier molecular flexibility index (Phi) is 4.30. The van der Waals surface area contributed by atoms with Crippen LogP contribution in [0.4, 0.5) is 0 Å². The van der Waals surface area contributed by atoms with Gasteiger partial charge in [-0.05, 0) is 30.0 Å². The Balaban J connectivity index is 3.11. The van der Waals surface area contributed by atoms with Gasteiger partial charge >= 0.3 is 0 Å². The number of hydrogen-bond donors (Lipinski definition) is 0. The van der Waals surface area contributed by atoms with E-state index in [1.165, 1.54) is 11.8 Å². The maximum atomic E-state index is 10.9. The molecule has 78 valence electrons. The lowest BCUT2D eigenvalue weighted by molar-refractivity contribution is 0.608. The summed E-state index contributed by atoms with van der Waals surface area (Å²) in [5.41, 5.74) is 0.724. The molecule has 0 aliphatic carbocycles. The smallest absolute Gasteiger partial charge is 0.212 e. The maximum absolute atomic E-state index is 10.9. The minimum Gasteiger partial charge on any atom is -0.212 e. The van der Waals surface area contributed by atoms with Crippen LogP contribution in [0.2, 0.25) is 0 Å². The zero-order valence-corrected chi connectivity index (χ0v) is 11.3. The predicted molar refractivity (Wildman–Crippen MR) is 64.4 cm³/mol. The van der Waals surface area contributed by atoms with Crippen molar-refractivity contribution in [1.29, 1.82) is 0 Å². The van der Waals surface area contributed by atoms with Gasteiger partial charge in [-0.25, -0.2) is 8.42 Å². The molecule has 0 unspecified atom stereocenters. The van der Waals surface area contributed by atoms with E-state index in [1.807, 2.05) is 18.4 Å². The van der Waals surface area contributed by atoms with Crippen molar-refractivity contribution in [2.45, 2.75) is 10.6 Å². The highest BCUT2D eigenvalue weighted by Crippen LogP contribution is 2.26. The van der Waals surface area contributed by atoms with E-state index in [2.05, 4.69) is 15.9 Å². The third-order valence-electron chi connectivity index (χ3n) is 1.57. The summed E-state index contributed by atoms with van der Waals surface area (Å²) in [6, 6.07) is 5.51. The van der Waals surface area contributed by atoms with Crippen molar-refractivity contribution in [3.05, 3.63) is 28.2 Å². The third kappa shape index (κ3) is 3.81. The average molecular weight is 316 g/mol. The molecule has 14 heavy (non-hydrogen) atoms. The molecule has 1 rings (SSSR count). The standard InChI is InChI=1S/C8H8BrClO2S2/c1-13-8-3-2-7(9)4-6(8)5-14(10,11)12/h2-4H,5H2,1H3. The van der Waals surface area contributed by atoms with Crippen LogP contribution in [-0.2, 0) is 14.8 Å². The van der Waals surface area contributed by atoms with Gasteiger partial charge < -0.3 is 0 Å². The fraction of sp³-hybridized carbons (Fsp3) is 0.250. The van der Waals surface area contributed by atoms with Gasteiger partial charge in [0.1, 0.15) is 0 Å². The second kappa shape index (κ2) is 4.88. The van der Waals surface area contributed by atoms with E-state index in [4.69, 9.17) is 10.7 Å². The highest BCUT2D eigenvalue weighted by molar-refractivity contribution is 9.10. The minimum atomic E-state index is -3.49. The molecule has 0 saturated carbocycles. The lowest BCUT2D eigenvalue weighted by Crippen LogP contribution is -1.96. The molecule has 0 heterocycles. The van der Waals surface area contributed by atoms with Crippen LogP contribution < -0.4 is 0 Å². The summed E-state index contributed by atoms with van der Waals surface area (Å²) in [5, 5.41) is 0. The van der Waals surface area contributed by atoms with Gasteiger partial charge in [-0.2, -0.15) is 0 Å². The molecule has 2 nitrogen and oxygen atoms in total. The van der Waals surface area contributed by atoms with Crippen LogP contribution in [0.3, 0.4) is 0 Å². The number of thioether (sulfide) groups is 1. The topological polar surface area (TPSA) is 34.1 Å². The number of halogens is 2. The van der Waals surface area contributed by atoms with E-state index in [0.29, 0.717) is 0 Å². The van der Waals surface area contributed by atoms with Crippen molar-refractivity contribution in [2.75, 3.05) is 6.26 Å². The lowest BCUT2D eigenvalue weighted by atomic mass is 10.2. The molecular formula is C8H8BrClO2S2. The molecule has 0 bridgehead atoms. The molecule has 0 spiro atoms. The van der Waals surface area contributed by atoms with Crippen molar-refractivity contribution in [1.82, 2.24) is 0 Å². The van der Waals surface area contributed by atoms with E-state index >= 15 is 0 Å². The first-order valence-corrected chi connectivity index (χ1v) is 8.17. The first kappa shape index (κ1) is 12.4. The van der Waals surface area contributed by atoms with Gasteiger partial charge in [0.25, 0.3) is 0 Å². The number of benzene rings is 1. The molecule has 0 aromatic heterocycles. The summed E-state index contributed by atoms with van der Waals surface area (Å²) >= 11 is 4.79. The monoisotopic (exact) mass is 314 g/mol. The average Bonchev–Trinajstić information content (AvgIpc) is 2.01. The Labute approximate surface area is 101 Å². The molecule has 0 N–H and O–H groups in total. The fourth-order valence-electron chi connectivity index (χ4n) is 1.05. The van der Waals surface area contributed by atoms with Crippen LogP contribution in [-0.4, -0.2) is 14.7 Å². The van der Waals surface area contributed by atoms with Gasteiger partial charge in [0, 0.05) is 20.1 Å². The Morgan fingerprint density at radius 2 is 2.14 bits per heavy atom. The SMILES string of the molecule is CSc1ccc(Br)cc1CS(=O)(=O)Cl. The molecular weight excluding hydrogens is 308 g/mol. The van der Waals surface area contributed by atoms with Crippen LogP contribution in [0.25, 0.3) is 0 Å². The van der Waals surface area contributed by atoms with Crippen LogP contribution in [0, 0.1) is 0 Å². The van der Waals surface area contributed by atoms with Crippen molar-refractivity contribution in [2.24, 2.45) is 0 Å². The molecule has 0 saturated heterocycles. The summed E-state index contributed by atoms with van der Waals surface area (Å²) in [5.74, 6) is -0.135. The van der Waals surface area contributed by atoms with Crippen LogP contribution >= 0.6 is 38.4 Å². The zero-order valence-electron chi connectivity index (χ0n) is 7.33. The second-order valence-electron chi connectivity index (χ2n) is 2.64. The van der Waals surface area contributed by atoms with E-state index in [9.17, 15) is 8.42 Å². The summed E-state index contributed by atoms with van der Waals surface area (Å²) in [4.78, 5) is 0.928. The summed E-state index contributed by atoms with van der Waals surface area (Å²) in [7, 11) is 1.71. The second-order valence-corrected chi connectivity index (χ2v) is 7.18. The first-order chi connectivity index (χ1) is 6.42. The molecule has 0 atom stereocenters. The van der Waals surface area contributed by atoms with E-state index in [1.54, 1.807) is 6.07 Å². The van der Waals surface area contributed by atoms with E-state index in [0.717, 1.165) is 14.9 Å². The summed E-state index contributed by atoms with van der Waals surface area (Å²) in [6.07, 6.45) is 1.90. The largest absolute Gasteiger partial charge is 0.236 e. The Morgan fingerprint density at radius 1 is 1.50 bits per heavy atom. The van der Waals surface area contributed by atoms with Gasteiger partial charge in [-0.15, -0.1) is 11.8 Å². The Bertz CT molecular complexity index is 431. The van der Waals surface area contributed by atoms with Crippen molar-refractivity contribution < 1.29 is 8.42 Å². The van der Waals surface area contributed by atoms with E-state index < -0.39 is 9.05 Å². The predicted octanol–water partition coefficient (Wildman–Crippen LogP) is 3.24. The highest BCUT2D eigenvalue weighted by Gasteiger charge is 2.11. The maximum Gasteiger partial charge on any atom is 0.236 e. The molecule has 6 heteroatoms. The normalized spacial score (nSPS) is 11.6. The minimum absolute atomic E-state index is 0.135. The molecule has 0 radical (unpaired) electrons. The first-order valence-electron chi connectivity index (χ1n) is 3.67. The quantitative estimate of drug-likeness (QED) is 0.634. The van der Waals surface area contributed by atoms with Gasteiger partial charge in [0.15, 0.2) is 0 Å². The fourth-order valence-corrected chi connectivity index (χ4v) is 3.11. The molecule has 1 aromatic rings. The van der Waals surface area contributed by atoms with Gasteiger partial charge in [-0.3, -0.25) is 0 Å². The third-order valence-corrected chi connectivity index (χ3v) is 3.88. The molecule has 0 aliphatic rings. The van der Waals surface area contributed by atoms with Gasteiger partial charge in [0.2, 0.25) is 9.05 Å². The Morgan fingerprint density at radius 3 is 2.64 bits per heavy atom. The number of hydrogen-bond acceptors (Lipinski definition) is 3. The summed E-state index contributed by atoms with van der Waals surface area (Å²) < 4.78 is 22.7. The van der Waals surface area contributed by atoms with Crippen molar-refractivity contribution in [3.63, 3.8) is 0 Å². The highest BCUT2D eigenvalue weighted by atomic mass is 79.9. The lowest BCUT2D eigenvalue weighted by Gasteiger charge is -2.05. The summed E-state index contributed by atoms with van der Waals surface area (Å²) in [6.45, 7) is 0. The van der Waals surface area contributed by atoms with Gasteiger partial charge in [0.05, 0.1) is 5.75 Å². The van der Waals surface area contributed by atoms with E-state index in [-0.39, 0.29) is 5.75 Å². The number of rotatable bonds is 3. The molecule has 0 amide bonds. The van der Waals surface area contributed by atoms with Crippen LogP contribution in [0.5, 0.6) is 0 Å². The zero-order chi connectivity index (χ0) is 10.8.